The van der Waals surface area contributed by atoms with Crippen molar-refractivity contribution in [3.8, 4) is 0 Å². The van der Waals surface area contributed by atoms with Crippen molar-refractivity contribution in [2.45, 2.75) is 6.54 Å². The van der Waals surface area contributed by atoms with Crippen LogP contribution in [0.2, 0.25) is 5.02 Å². The zero-order chi connectivity index (χ0) is 13.7. The molecule has 0 radical (unpaired) electrons. The predicted molar refractivity (Wildman–Crippen MR) is 74.1 cm³/mol. The molecule has 4 heteroatoms. The normalized spacial score (nSPS) is 9.95. The standard InChI is InChI=1S/C15H12ClNO2/c16-13-9-5-4-8-12(13)14(18)15(19)17-10-11-6-2-1-3-7-11/h1-9H,10H2,(H,17,19). The number of halogens is 1. The second kappa shape index (κ2) is 6.16. The Bertz CT molecular complexity index is 596. The summed E-state index contributed by atoms with van der Waals surface area (Å²) < 4.78 is 0. The van der Waals surface area contributed by atoms with E-state index in [2.05, 4.69) is 5.32 Å². The molecule has 1 N–H and O–H groups in total. The van der Waals surface area contributed by atoms with Crippen LogP contribution in [0.25, 0.3) is 0 Å². The molecule has 0 unspecified atom stereocenters. The van der Waals surface area contributed by atoms with E-state index in [9.17, 15) is 9.59 Å². The summed E-state index contributed by atoms with van der Waals surface area (Å²) in [7, 11) is 0. The molecule has 0 saturated carbocycles. The lowest BCUT2D eigenvalue weighted by Crippen LogP contribution is -2.30. The molecule has 0 aromatic heterocycles. The first-order valence-corrected chi connectivity index (χ1v) is 6.17. The van der Waals surface area contributed by atoms with E-state index in [1.165, 1.54) is 6.07 Å². The highest BCUT2D eigenvalue weighted by Crippen LogP contribution is 2.15. The fraction of sp³-hybridized carbons (Fsp3) is 0.0667. The van der Waals surface area contributed by atoms with Gasteiger partial charge in [0.2, 0.25) is 0 Å². The van der Waals surface area contributed by atoms with Gasteiger partial charge in [-0.2, -0.15) is 0 Å². The van der Waals surface area contributed by atoms with Crippen LogP contribution in [0.1, 0.15) is 15.9 Å². The van der Waals surface area contributed by atoms with Crippen LogP contribution in [0.15, 0.2) is 54.6 Å². The van der Waals surface area contributed by atoms with Gasteiger partial charge in [0.25, 0.3) is 11.7 Å². The summed E-state index contributed by atoms with van der Waals surface area (Å²) in [6.45, 7) is 0.315. The zero-order valence-electron chi connectivity index (χ0n) is 10.1. The first-order valence-electron chi connectivity index (χ1n) is 5.79. The molecule has 2 aromatic carbocycles. The lowest BCUT2D eigenvalue weighted by Gasteiger charge is -2.05. The molecule has 2 rings (SSSR count). The van der Waals surface area contributed by atoms with Gasteiger partial charge in [0, 0.05) is 12.1 Å². The van der Waals surface area contributed by atoms with Gasteiger partial charge in [0.15, 0.2) is 0 Å². The molecule has 1 amide bonds. The minimum Gasteiger partial charge on any atom is -0.345 e. The third kappa shape index (κ3) is 3.42. The average Bonchev–Trinajstić information content (AvgIpc) is 2.45. The summed E-state index contributed by atoms with van der Waals surface area (Å²) in [5.74, 6) is -1.28. The summed E-state index contributed by atoms with van der Waals surface area (Å²) in [5.41, 5.74) is 1.15. The van der Waals surface area contributed by atoms with Crippen LogP contribution in [-0.2, 0) is 11.3 Å². The average molecular weight is 274 g/mol. The summed E-state index contributed by atoms with van der Waals surface area (Å²) in [6, 6.07) is 15.9. The van der Waals surface area contributed by atoms with E-state index in [0.29, 0.717) is 6.54 Å². The van der Waals surface area contributed by atoms with Crippen LogP contribution < -0.4 is 5.32 Å². The molecule has 0 saturated heterocycles. The molecular formula is C15H12ClNO2. The molecule has 0 aliphatic rings. The fourth-order valence-electron chi connectivity index (χ4n) is 1.63. The summed E-state index contributed by atoms with van der Waals surface area (Å²) >= 11 is 5.88. The Labute approximate surface area is 116 Å². The topological polar surface area (TPSA) is 46.2 Å². The second-order valence-corrected chi connectivity index (χ2v) is 4.38. The largest absolute Gasteiger partial charge is 0.345 e. The van der Waals surface area contributed by atoms with Crippen molar-refractivity contribution in [3.05, 3.63) is 70.7 Å². The van der Waals surface area contributed by atoms with E-state index in [1.807, 2.05) is 30.3 Å². The molecule has 0 aliphatic carbocycles. The van der Waals surface area contributed by atoms with Crippen molar-refractivity contribution in [3.63, 3.8) is 0 Å². The van der Waals surface area contributed by atoms with Crippen molar-refractivity contribution in [2.75, 3.05) is 0 Å². The predicted octanol–water partition coefficient (Wildman–Crippen LogP) is 2.84. The maximum absolute atomic E-state index is 11.9. The van der Waals surface area contributed by atoms with E-state index < -0.39 is 11.7 Å². The van der Waals surface area contributed by atoms with E-state index in [-0.39, 0.29) is 10.6 Å². The Morgan fingerprint density at radius 1 is 0.947 bits per heavy atom. The van der Waals surface area contributed by atoms with Crippen LogP contribution in [0.5, 0.6) is 0 Å². The van der Waals surface area contributed by atoms with Gasteiger partial charge in [0.05, 0.1) is 5.02 Å². The van der Waals surface area contributed by atoms with Crippen LogP contribution in [0.3, 0.4) is 0 Å². The number of Topliss-reactive ketones (excluding diaryl/α,β-unsaturated/α-hetero) is 1. The number of nitrogens with one attached hydrogen (secondary N) is 1. The highest BCUT2D eigenvalue weighted by molar-refractivity contribution is 6.46. The molecule has 0 bridgehead atoms. The Balaban J connectivity index is 2.01. The van der Waals surface area contributed by atoms with Gasteiger partial charge in [-0.15, -0.1) is 0 Å². The third-order valence-electron chi connectivity index (χ3n) is 2.62. The SMILES string of the molecule is O=C(NCc1ccccc1)C(=O)c1ccccc1Cl. The third-order valence-corrected chi connectivity index (χ3v) is 2.95. The highest BCUT2D eigenvalue weighted by atomic mass is 35.5. The first-order chi connectivity index (χ1) is 9.18. The summed E-state index contributed by atoms with van der Waals surface area (Å²) in [5, 5.41) is 2.86. The highest BCUT2D eigenvalue weighted by Gasteiger charge is 2.17. The molecule has 0 heterocycles. The quantitative estimate of drug-likeness (QED) is 0.688. The monoisotopic (exact) mass is 273 g/mol. The van der Waals surface area contributed by atoms with Crippen LogP contribution >= 0.6 is 11.6 Å². The van der Waals surface area contributed by atoms with Gasteiger partial charge in [0.1, 0.15) is 0 Å². The molecular weight excluding hydrogens is 262 g/mol. The number of rotatable bonds is 4. The summed E-state index contributed by atoms with van der Waals surface area (Å²) in [4.78, 5) is 23.6. The molecule has 0 spiro atoms. The van der Waals surface area contributed by atoms with Crippen LogP contribution in [0, 0.1) is 0 Å². The Hall–Kier alpha value is -2.13. The van der Waals surface area contributed by atoms with E-state index in [4.69, 9.17) is 11.6 Å². The number of carbonyl (C=O) groups is 2. The van der Waals surface area contributed by atoms with Gasteiger partial charge in [-0.05, 0) is 17.7 Å². The lowest BCUT2D eigenvalue weighted by molar-refractivity contribution is -0.117. The summed E-state index contributed by atoms with van der Waals surface area (Å²) in [6.07, 6.45) is 0. The van der Waals surface area contributed by atoms with Crippen molar-refractivity contribution in [2.24, 2.45) is 0 Å². The lowest BCUT2D eigenvalue weighted by atomic mass is 10.1. The van der Waals surface area contributed by atoms with Crippen LogP contribution in [-0.4, -0.2) is 11.7 Å². The molecule has 19 heavy (non-hydrogen) atoms. The van der Waals surface area contributed by atoms with Gasteiger partial charge < -0.3 is 5.32 Å². The fourth-order valence-corrected chi connectivity index (χ4v) is 1.85. The van der Waals surface area contributed by atoms with E-state index in [1.54, 1.807) is 18.2 Å². The minimum absolute atomic E-state index is 0.217. The number of ketones is 1. The molecule has 96 valence electrons. The Kier molecular flexibility index (Phi) is 4.31. The number of benzene rings is 2. The van der Waals surface area contributed by atoms with E-state index >= 15 is 0 Å². The van der Waals surface area contributed by atoms with E-state index in [0.717, 1.165) is 5.56 Å². The Morgan fingerprint density at radius 3 is 2.26 bits per heavy atom. The van der Waals surface area contributed by atoms with Crippen molar-refractivity contribution in [1.29, 1.82) is 0 Å². The number of hydrogen-bond donors (Lipinski definition) is 1. The molecule has 3 nitrogen and oxygen atoms in total. The maximum Gasteiger partial charge on any atom is 0.292 e. The zero-order valence-corrected chi connectivity index (χ0v) is 10.9. The van der Waals surface area contributed by atoms with Crippen molar-refractivity contribution >= 4 is 23.3 Å². The van der Waals surface area contributed by atoms with Crippen LogP contribution in [0.4, 0.5) is 0 Å². The second-order valence-electron chi connectivity index (χ2n) is 3.98. The number of hydrogen-bond acceptors (Lipinski definition) is 2. The van der Waals surface area contributed by atoms with Gasteiger partial charge >= 0.3 is 0 Å². The molecule has 0 fully saturated rings. The van der Waals surface area contributed by atoms with Gasteiger partial charge in [-0.1, -0.05) is 54.1 Å². The Morgan fingerprint density at radius 2 is 1.58 bits per heavy atom. The molecule has 0 aliphatic heterocycles. The van der Waals surface area contributed by atoms with Gasteiger partial charge in [-0.3, -0.25) is 9.59 Å². The first kappa shape index (κ1) is 13.3. The minimum atomic E-state index is -0.656. The van der Waals surface area contributed by atoms with Crippen molar-refractivity contribution < 1.29 is 9.59 Å². The van der Waals surface area contributed by atoms with Gasteiger partial charge in [-0.25, -0.2) is 0 Å². The molecule has 0 atom stereocenters. The maximum atomic E-state index is 11.9. The smallest absolute Gasteiger partial charge is 0.292 e. The molecule has 2 aromatic rings. The number of carbonyl (C=O) groups excluding carboxylic acids is 2. The number of amides is 1. The van der Waals surface area contributed by atoms with Crippen molar-refractivity contribution in [1.82, 2.24) is 5.32 Å².